The van der Waals surface area contributed by atoms with Gasteiger partial charge < -0.3 is 15.0 Å². The predicted molar refractivity (Wildman–Crippen MR) is 126 cm³/mol. The molecule has 0 spiro atoms. The molecule has 0 radical (unpaired) electrons. The number of hydrogen-bond donors (Lipinski definition) is 2. The molecule has 10 heteroatoms. The number of hydrogen-bond acceptors (Lipinski definition) is 7. The van der Waals surface area contributed by atoms with Crippen molar-refractivity contribution in [3.8, 4) is 11.1 Å². The van der Waals surface area contributed by atoms with Crippen LogP contribution < -0.4 is 15.5 Å². The fraction of sp³-hybridized carbons (Fsp3) is 0.381. The molecular formula is C21H25ClN6O2S. The van der Waals surface area contributed by atoms with E-state index in [1.165, 1.54) is 11.3 Å². The van der Waals surface area contributed by atoms with E-state index in [1.54, 1.807) is 6.20 Å². The van der Waals surface area contributed by atoms with Gasteiger partial charge >= 0.3 is 6.03 Å². The Morgan fingerprint density at radius 1 is 1.26 bits per heavy atom. The highest BCUT2D eigenvalue weighted by atomic mass is 35.5. The fourth-order valence-corrected chi connectivity index (χ4v) is 4.53. The predicted octanol–water partition coefficient (Wildman–Crippen LogP) is 3.53. The minimum Gasteiger partial charge on any atom is -0.379 e. The van der Waals surface area contributed by atoms with Gasteiger partial charge in [-0.05, 0) is 23.8 Å². The molecule has 1 aliphatic rings. The van der Waals surface area contributed by atoms with Gasteiger partial charge in [0.15, 0.2) is 10.3 Å². The Morgan fingerprint density at radius 3 is 2.84 bits per heavy atom. The van der Waals surface area contributed by atoms with Crippen molar-refractivity contribution in [3.63, 3.8) is 0 Å². The maximum atomic E-state index is 12.2. The molecule has 1 fully saturated rings. The monoisotopic (exact) mass is 460 g/mol. The summed E-state index contributed by atoms with van der Waals surface area (Å²) >= 11 is 7.63. The van der Waals surface area contributed by atoms with Crippen molar-refractivity contribution in [2.75, 3.05) is 63.7 Å². The summed E-state index contributed by atoms with van der Waals surface area (Å²) in [5.41, 5.74) is 3.69. The third kappa shape index (κ3) is 5.43. The molecular weight excluding hydrogens is 436 g/mol. The van der Waals surface area contributed by atoms with Gasteiger partial charge in [-0.1, -0.05) is 29.0 Å². The van der Waals surface area contributed by atoms with E-state index >= 15 is 0 Å². The number of morpholine rings is 1. The second kappa shape index (κ2) is 9.78. The summed E-state index contributed by atoms with van der Waals surface area (Å²) in [4.78, 5) is 25.3. The third-order valence-corrected chi connectivity index (χ3v) is 6.29. The van der Waals surface area contributed by atoms with Gasteiger partial charge in [-0.15, -0.1) is 0 Å². The Morgan fingerprint density at radius 2 is 2.06 bits per heavy atom. The number of carbonyl (C=O) groups excluding carboxylic acids is 1. The van der Waals surface area contributed by atoms with Crippen molar-refractivity contribution >= 4 is 50.0 Å². The number of amides is 2. The van der Waals surface area contributed by atoms with Gasteiger partial charge in [0, 0.05) is 52.0 Å². The highest BCUT2D eigenvalue weighted by Crippen LogP contribution is 2.33. The van der Waals surface area contributed by atoms with Gasteiger partial charge in [0.1, 0.15) is 0 Å². The average molecular weight is 461 g/mol. The number of fused-ring (bicyclic) bond motifs is 1. The lowest BCUT2D eigenvalue weighted by Gasteiger charge is -2.26. The first-order chi connectivity index (χ1) is 15.0. The van der Waals surface area contributed by atoms with E-state index in [2.05, 4.69) is 31.6 Å². The van der Waals surface area contributed by atoms with Crippen LogP contribution in [0.3, 0.4) is 0 Å². The molecule has 1 aromatic carbocycles. The Kier molecular flexibility index (Phi) is 6.86. The lowest BCUT2D eigenvalue weighted by atomic mass is 10.1. The lowest BCUT2D eigenvalue weighted by molar-refractivity contribution is 0.0388. The number of nitrogens with zero attached hydrogens (tertiary/aromatic N) is 4. The zero-order valence-corrected chi connectivity index (χ0v) is 19.1. The standard InChI is InChI=1S/C21H25ClN6O2S/c1-27(2)17-11-15(13-24-19(17)22)14-3-4-16-18(12-14)31-21(25-16)26-20(29)23-5-6-28-7-9-30-10-8-28/h3-4,11-13H,5-10H2,1-2H3,(H2,23,25,26,29). The number of thiazole rings is 1. The van der Waals surface area contributed by atoms with Gasteiger partial charge in [0.25, 0.3) is 0 Å². The number of ether oxygens (including phenoxy) is 1. The van der Waals surface area contributed by atoms with Crippen LogP contribution in [0.4, 0.5) is 15.6 Å². The maximum Gasteiger partial charge on any atom is 0.321 e. The molecule has 0 saturated carbocycles. The fourth-order valence-electron chi connectivity index (χ4n) is 3.36. The topological polar surface area (TPSA) is 82.6 Å². The van der Waals surface area contributed by atoms with E-state index in [1.807, 2.05) is 37.2 Å². The molecule has 4 rings (SSSR count). The molecule has 0 unspecified atom stereocenters. The second-order valence-corrected chi connectivity index (χ2v) is 8.85. The van der Waals surface area contributed by atoms with Crippen LogP contribution in [0.1, 0.15) is 0 Å². The van der Waals surface area contributed by atoms with Crippen LogP contribution in [-0.2, 0) is 4.74 Å². The van der Waals surface area contributed by atoms with Gasteiger partial charge in [0.05, 0.1) is 29.1 Å². The summed E-state index contributed by atoms with van der Waals surface area (Å²) in [6.07, 6.45) is 1.76. The Labute approximate surface area is 190 Å². The van der Waals surface area contributed by atoms with Gasteiger partial charge in [0.2, 0.25) is 0 Å². The van der Waals surface area contributed by atoms with Crippen molar-refractivity contribution in [1.82, 2.24) is 20.2 Å². The van der Waals surface area contributed by atoms with Crippen molar-refractivity contribution in [1.29, 1.82) is 0 Å². The first kappa shape index (κ1) is 21.8. The zero-order valence-electron chi connectivity index (χ0n) is 17.5. The van der Waals surface area contributed by atoms with E-state index in [0.717, 1.165) is 59.9 Å². The SMILES string of the molecule is CN(C)c1cc(-c2ccc3nc(NC(=O)NCCN4CCOCC4)sc3c2)cnc1Cl. The molecule has 2 amide bonds. The number of benzene rings is 1. The van der Waals surface area contributed by atoms with E-state index in [0.29, 0.717) is 16.8 Å². The third-order valence-electron chi connectivity index (χ3n) is 5.06. The molecule has 1 aliphatic heterocycles. The molecule has 2 aromatic heterocycles. The largest absolute Gasteiger partial charge is 0.379 e. The highest BCUT2D eigenvalue weighted by molar-refractivity contribution is 7.22. The van der Waals surface area contributed by atoms with E-state index in [4.69, 9.17) is 16.3 Å². The average Bonchev–Trinajstić information content (AvgIpc) is 3.16. The highest BCUT2D eigenvalue weighted by Gasteiger charge is 2.13. The van der Waals surface area contributed by atoms with Crippen LogP contribution >= 0.6 is 22.9 Å². The van der Waals surface area contributed by atoms with Crippen molar-refractivity contribution in [2.24, 2.45) is 0 Å². The molecule has 0 aliphatic carbocycles. The van der Waals surface area contributed by atoms with Gasteiger partial charge in [-0.25, -0.2) is 14.8 Å². The molecule has 31 heavy (non-hydrogen) atoms. The van der Waals surface area contributed by atoms with Gasteiger partial charge in [-0.2, -0.15) is 0 Å². The number of carbonyl (C=O) groups is 1. The maximum absolute atomic E-state index is 12.2. The summed E-state index contributed by atoms with van der Waals surface area (Å²) in [7, 11) is 3.87. The molecule has 8 nitrogen and oxygen atoms in total. The second-order valence-electron chi connectivity index (χ2n) is 7.46. The number of halogens is 1. The summed E-state index contributed by atoms with van der Waals surface area (Å²) in [5, 5.41) is 6.77. The number of pyridine rings is 1. The quantitative estimate of drug-likeness (QED) is 0.547. The molecule has 3 aromatic rings. The van der Waals surface area contributed by atoms with E-state index in [-0.39, 0.29) is 6.03 Å². The van der Waals surface area contributed by atoms with Crippen LogP contribution in [0.5, 0.6) is 0 Å². The van der Waals surface area contributed by atoms with Crippen LogP contribution in [0.2, 0.25) is 5.15 Å². The van der Waals surface area contributed by atoms with Crippen LogP contribution in [-0.4, -0.2) is 74.4 Å². The summed E-state index contributed by atoms with van der Waals surface area (Å²) in [6, 6.07) is 7.77. The zero-order chi connectivity index (χ0) is 21.8. The van der Waals surface area contributed by atoms with E-state index < -0.39 is 0 Å². The number of urea groups is 1. The number of aromatic nitrogens is 2. The summed E-state index contributed by atoms with van der Waals surface area (Å²) in [6.45, 7) is 4.71. The minimum absolute atomic E-state index is 0.245. The van der Waals surface area contributed by atoms with Crippen molar-refractivity contribution in [2.45, 2.75) is 0 Å². The Balaban J connectivity index is 1.40. The van der Waals surface area contributed by atoms with Crippen LogP contribution in [0.25, 0.3) is 21.3 Å². The normalized spacial score (nSPS) is 14.5. The van der Waals surface area contributed by atoms with Crippen LogP contribution in [0, 0.1) is 0 Å². The van der Waals surface area contributed by atoms with Crippen LogP contribution in [0.15, 0.2) is 30.5 Å². The lowest BCUT2D eigenvalue weighted by Crippen LogP contribution is -2.42. The van der Waals surface area contributed by atoms with E-state index in [9.17, 15) is 4.79 Å². The summed E-state index contributed by atoms with van der Waals surface area (Å²) < 4.78 is 6.32. The Hall–Kier alpha value is -2.46. The number of anilines is 2. The molecule has 0 atom stereocenters. The van der Waals surface area contributed by atoms with Gasteiger partial charge in [-0.3, -0.25) is 10.2 Å². The molecule has 3 heterocycles. The molecule has 1 saturated heterocycles. The van der Waals surface area contributed by atoms with Crippen molar-refractivity contribution in [3.05, 3.63) is 35.6 Å². The number of rotatable bonds is 6. The first-order valence-corrected chi connectivity index (χ1v) is 11.3. The smallest absolute Gasteiger partial charge is 0.321 e. The van der Waals surface area contributed by atoms with Crippen molar-refractivity contribution < 1.29 is 9.53 Å². The molecule has 164 valence electrons. The summed E-state index contributed by atoms with van der Waals surface area (Å²) in [5.74, 6) is 0. The molecule has 0 bridgehead atoms. The minimum atomic E-state index is -0.245. The Bertz CT molecular complexity index is 1070. The first-order valence-electron chi connectivity index (χ1n) is 10.1. The molecule has 2 N–H and O–H groups in total. The number of nitrogens with one attached hydrogen (secondary N) is 2.